The molecule has 0 heterocycles. The van der Waals surface area contributed by atoms with Gasteiger partial charge in [0.15, 0.2) is 0 Å². The number of esters is 1. The maximum Gasteiger partial charge on any atom is 0.308 e. The monoisotopic (exact) mass is 344 g/mol. The Balaban J connectivity index is 4.04. The van der Waals surface area contributed by atoms with E-state index in [1.165, 1.54) is 0 Å². The van der Waals surface area contributed by atoms with Crippen LogP contribution in [0.1, 0.15) is 40.5 Å². The molecule has 0 saturated heterocycles. The molecule has 0 aliphatic heterocycles. The van der Waals surface area contributed by atoms with Gasteiger partial charge in [0, 0.05) is 6.54 Å². The standard InChI is InChI=1S/C15H28N4O5/c1-5-6-17-11(20)8-18-12(21)9-19-14(23)10(16)7-13(22)24-15(2,3)4/h10H,5-9,16H2,1-4H3,(H,17,20)(H,18,21)(H,19,23)/t10-/m0/s1. The van der Waals surface area contributed by atoms with Crippen LogP contribution < -0.4 is 21.7 Å². The van der Waals surface area contributed by atoms with Crippen LogP contribution in [-0.4, -0.2) is 55.0 Å². The highest BCUT2D eigenvalue weighted by atomic mass is 16.6. The van der Waals surface area contributed by atoms with Gasteiger partial charge in [0.05, 0.1) is 25.6 Å². The molecule has 0 spiro atoms. The highest BCUT2D eigenvalue weighted by Gasteiger charge is 2.22. The lowest BCUT2D eigenvalue weighted by atomic mass is 10.1. The molecule has 0 aromatic carbocycles. The summed E-state index contributed by atoms with van der Waals surface area (Å²) in [6, 6.07) is -1.11. The molecule has 0 unspecified atom stereocenters. The molecule has 0 rings (SSSR count). The Morgan fingerprint density at radius 1 is 1.00 bits per heavy atom. The Morgan fingerprint density at radius 3 is 2.08 bits per heavy atom. The predicted molar refractivity (Wildman–Crippen MR) is 87.8 cm³/mol. The van der Waals surface area contributed by atoms with E-state index in [0.717, 1.165) is 6.42 Å². The first-order valence-corrected chi connectivity index (χ1v) is 7.83. The van der Waals surface area contributed by atoms with Gasteiger partial charge in [0.2, 0.25) is 17.7 Å². The third-order valence-electron chi connectivity index (χ3n) is 2.58. The van der Waals surface area contributed by atoms with Crippen LogP contribution in [0.15, 0.2) is 0 Å². The number of rotatable bonds is 9. The average molecular weight is 344 g/mol. The lowest BCUT2D eigenvalue weighted by Gasteiger charge is -2.20. The summed E-state index contributed by atoms with van der Waals surface area (Å²) in [7, 11) is 0. The summed E-state index contributed by atoms with van der Waals surface area (Å²) in [6.07, 6.45) is 0.509. The second-order valence-electron chi connectivity index (χ2n) is 6.24. The molecule has 3 amide bonds. The summed E-state index contributed by atoms with van der Waals surface area (Å²) in [5.74, 6) is -2.08. The molecule has 0 saturated carbocycles. The number of carbonyl (C=O) groups excluding carboxylic acids is 4. The highest BCUT2D eigenvalue weighted by molar-refractivity contribution is 5.91. The van der Waals surface area contributed by atoms with Crippen LogP contribution in [0.2, 0.25) is 0 Å². The van der Waals surface area contributed by atoms with Gasteiger partial charge in [0.1, 0.15) is 5.60 Å². The van der Waals surface area contributed by atoms with Crippen molar-refractivity contribution in [2.24, 2.45) is 5.73 Å². The molecule has 0 radical (unpaired) electrons. The molecule has 5 N–H and O–H groups in total. The minimum Gasteiger partial charge on any atom is -0.460 e. The van der Waals surface area contributed by atoms with E-state index < -0.39 is 29.4 Å². The molecule has 0 aliphatic carbocycles. The minimum atomic E-state index is -1.11. The maximum atomic E-state index is 11.7. The van der Waals surface area contributed by atoms with Gasteiger partial charge in [-0.3, -0.25) is 19.2 Å². The van der Waals surface area contributed by atoms with E-state index in [4.69, 9.17) is 10.5 Å². The number of hydrogen-bond donors (Lipinski definition) is 4. The molecule has 0 aromatic heterocycles. The Morgan fingerprint density at radius 2 is 1.54 bits per heavy atom. The van der Waals surface area contributed by atoms with Crippen molar-refractivity contribution in [3.63, 3.8) is 0 Å². The van der Waals surface area contributed by atoms with Crippen LogP contribution in [0.3, 0.4) is 0 Å². The van der Waals surface area contributed by atoms with E-state index in [9.17, 15) is 19.2 Å². The van der Waals surface area contributed by atoms with Crippen molar-refractivity contribution in [3.05, 3.63) is 0 Å². The quantitative estimate of drug-likeness (QED) is 0.388. The van der Waals surface area contributed by atoms with Crippen LogP contribution in [0.5, 0.6) is 0 Å². The van der Waals surface area contributed by atoms with Gasteiger partial charge in [0.25, 0.3) is 0 Å². The molecule has 9 nitrogen and oxygen atoms in total. The van der Waals surface area contributed by atoms with Crippen molar-refractivity contribution in [2.75, 3.05) is 19.6 Å². The Hall–Kier alpha value is -2.16. The molecule has 138 valence electrons. The highest BCUT2D eigenvalue weighted by Crippen LogP contribution is 2.08. The molecular weight excluding hydrogens is 316 g/mol. The minimum absolute atomic E-state index is 0.168. The van der Waals surface area contributed by atoms with Crippen LogP contribution in [0.25, 0.3) is 0 Å². The number of hydrogen-bond acceptors (Lipinski definition) is 6. The molecule has 0 aromatic rings. The van der Waals surface area contributed by atoms with Crippen molar-refractivity contribution in [1.82, 2.24) is 16.0 Å². The van der Waals surface area contributed by atoms with E-state index in [0.29, 0.717) is 6.54 Å². The fraction of sp³-hybridized carbons (Fsp3) is 0.733. The normalized spacial score (nSPS) is 12.0. The first-order valence-electron chi connectivity index (χ1n) is 7.83. The van der Waals surface area contributed by atoms with Crippen LogP contribution in [0, 0.1) is 0 Å². The zero-order chi connectivity index (χ0) is 18.8. The third kappa shape index (κ3) is 11.4. The Kier molecular flexibility index (Phi) is 9.63. The van der Waals surface area contributed by atoms with Crippen molar-refractivity contribution in [1.29, 1.82) is 0 Å². The van der Waals surface area contributed by atoms with Crippen molar-refractivity contribution in [2.45, 2.75) is 52.2 Å². The van der Waals surface area contributed by atoms with Gasteiger partial charge in [-0.25, -0.2) is 0 Å². The number of nitrogens with two attached hydrogens (primary N) is 1. The first kappa shape index (κ1) is 21.8. The summed E-state index contributed by atoms with van der Waals surface area (Å²) in [6.45, 7) is 7.06. The van der Waals surface area contributed by atoms with Crippen molar-refractivity contribution in [3.8, 4) is 0 Å². The lowest BCUT2D eigenvalue weighted by molar-refractivity contribution is -0.156. The smallest absolute Gasteiger partial charge is 0.308 e. The van der Waals surface area contributed by atoms with Gasteiger partial charge < -0.3 is 26.4 Å². The van der Waals surface area contributed by atoms with Gasteiger partial charge in [-0.05, 0) is 27.2 Å². The Bertz CT molecular complexity index is 459. The second-order valence-corrected chi connectivity index (χ2v) is 6.24. The molecule has 0 fully saturated rings. The van der Waals surface area contributed by atoms with E-state index in [2.05, 4.69) is 16.0 Å². The fourth-order valence-electron chi connectivity index (χ4n) is 1.52. The first-order chi connectivity index (χ1) is 11.0. The number of ether oxygens (including phenoxy) is 1. The summed E-state index contributed by atoms with van der Waals surface area (Å²) in [5.41, 5.74) is 4.93. The van der Waals surface area contributed by atoms with E-state index in [1.54, 1.807) is 20.8 Å². The van der Waals surface area contributed by atoms with Gasteiger partial charge in [-0.15, -0.1) is 0 Å². The summed E-state index contributed by atoms with van der Waals surface area (Å²) >= 11 is 0. The molecule has 0 aliphatic rings. The maximum absolute atomic E-state index is 11.7. The predicted octanol–water partition coefficient (Wildman–Crippen LogP) is -1.20. The van der Waals surface area contributed by atoms with Crippen molar-refractivity contribution < 1.29 is 23.9 Å². The summed E-state index contributed by atoms with van der Waals surface area (Å²) < 4.78 is 5.06. The van der Waals surface area contributed by atoms with Crippen LogP contribution >= 0.6 is 0 Å². The molecule has 9 heteroatoms. The van der Waals surface area contributed by atoms with Gasteiger partial charge >= 0.3 is 5.97 Å². The fourth-order valence-corrected chi connectivity index (χ4v) is 1.52. The van der Waals surface area contributed by atoms with Crippen LogP contribution in [-0.2, 0) is 23.9 Å². The van der Waals surface area contributed by atoms with E-state index in [-0.39, 0.29) is 25.4 Å². The molecular formula is C15H28N4O5. The van der Waals surface area contributed by atoms with Crippen molar-refractivity contribution >= 4 is 23.7 Å². The second kappa shape index (κ2) is 10.6. The number of nitrogens with one attached hydrogen (secondary N) is 3. The summed E-state index contributed by atoms with van der Waals surface area (Å²) in [4.78, 5) is 46.1. The number of carbonyl (C=O) groups is 4. The van der Waals surface area contributed by atoms with Crippen LogP contribution in [0.4, 0.5) is 0 Å². The molecule has 1 atom stereocenters. The zero-order valence-corrected chi connectivity index (χ0v) is 14.7. The molecule has 0 bridgehead atoms. The van der Waals surface area contributed by atoms with E-state index in [1.807, 2.05) is 6.92 Å². The molecule has 24 heavy (non-hydrogen) atoms. The zero-order valence-electron chi connectivity index (χ0n) is 14.7. The SMILES string of the molecule is CCCNC(=O)CNC(=O)CNC(=O)[C@@H](N)CC(=O)OC(C)(C)C. The Labute approximate surface area is 142 Å². The largest absolute Gasteiger partial charge is 0.460 e. The topological polar surface area (TPSA) is 140 Å². The average Bonchev–Trinajstić information content (AvgIpc) is 2.46. The van der Waals surface area contributed by atoms with Gasteiger partial charge in [-0.2, -0.15) is 0 Å². The summed E-state index contributed by atoms with van der Waals surface area (Å²) in [5, 5.41) is 7.26. The third-order valence-corrected chi connectivity index (χ3v) is 2.58. The van der Waals surface area contributed by atoms with E-state index >= 15 is 0 Å². The number of amides is 3. The lowest BCUT2D eigenvalue weighted by Crippen LogP contribution is -2.47. The van der Waals surface area contributed by atoms with Gasteiger partial charge in [-0.1, -0.05) is 6.92 Å².